The Hall–Kier alpha value is -1.32. The van der Waals surface area contributed by atoms with Crippen molar-refractivity contribution >= 4 is 11.8 Å². The van der Waals surface area contributed by atoms with Gasteiger partial charge in [0, 0.05) is 50.7 Å². The molecule has 7 atom stereocenters. The minimum atomic E-state index is -0.629. The summed E-state index contributed by atoms with van der Waals surface area (Å²) in [6.07, 6.45) is 16.0. The maximum atomic E-state index is 13.0. The highest BCUT2D eigenvalue weighted by Crippen LogP contribution is 2.40. The number of esters is 1. The second-order valence-electron chi connectivity index (χ2n) is 12.1. The molecule has 230 valence electrons. The third-order valence-corrected chi connectivity index (χ3v) is 8.62. The van der Waals surface area contributed by atoms with Gasteiger partial charge in [-0.3, -0.25) is 9.59 Å². The van der Waals surface area contributed by atoms with Gasteiger partial charge in [0.1, 0.15) is 5.78 Å². The molecule has 2 saturated heterocycles. The number of ketones is 1. The van der Waals surface area contributed by atoms with Crippen molar-refractivity contribution in [1.82, 2.24) is 0 Å². The standard InChI is InChI=1S/C32H54O8/c1-4-5-10-18-32(2,40-31-16-9-12-21-38-31)19-17-25-26(22-24(33)13-6-7-14-29(35)36-3)27(34)23-28(25)39-30-15-8-11-20-37-30/h17,19,25-28,30-31,34H,4-16,18,20-23H2,1-3H3/b19-17+/t25-,26-,27+,28-,30?,31?,32?/m1/s1. The van der Waals surface area contributed by atoms with Crippen molar-refractivity contribution in [3.63, 3.8) is 0 Å². The van der Waals surface area contributed by atoms with Crippen molar-refractivity contribution in [3.05, 3.63) is 12.2 Å². The van der Waals surface area contributed by atoms with E-state index in [1.165, 1.54) is 7.11 Å². The smallest absolute Gasteiger partial charge is 0.305 e. The van der Waals surface area contributed by atoms with Gasteiger partial charge in [0.15, 0.2) is 12.6 Å². The van der Waals surface area contributed by atoms with Crippen LogP contribution in [-0.2, 0) is 33.3 Å². The maximum Gasteiger partial charge on any atom is 0.305 e. The molecule has 3 fully saturated rings. The molecule has 2 heterocycles. The van der Waals surface area contributed by atoms with Crippen LogP contribution in [-0.4, -0.2) is 67.6 Å². The summed E-state index contributed by atoms with van der Waals surface area (Å²) in [4.78, 5) is 24.4. The van der Waals surface area contributed by atoms with E-state index in [2.05, 4.69) is 26.0 Å². The zero-order chi connectivity index (χ0) is 28.8. The topological polar surface area (TPSA) is 101 Å². The van der Waals surface area contributed by atoms with Gasteiger partial charge >= 0.3 is 5.97 Å². The van der Waals surface area contributed by atoms with Gasteiger partial charge in [0.2, 0.25) is 0 Å². The number of carbonyl (C=O) groups is 2. The van der Waals surface area contributed by atoms with E-state index in [0.717, 1.165) is 70.8 Å². The van der Waals surface area contributed by atoms with E-state index >= 15 is 0 Å². The first kappa shape index (κ1) is 33.2. The normalized spacial score (nSPS) is 30.8. The van der Waals surface area contributed by atoms with Crippen LogP contribution in [0.5, 0.6) is 0 Å². The lowest BCUT2D eigenvalue weighted by Gasteiger charge is -2.34. The van der Waals surface area contributed by atoms with Crippen LogP contribution in [0.1, 0.15) is 117 Å². The highest BCUT2D eigenvalue weighted by atomic mass is 16.7. The number of hydrogen-bond donors (Lipinski definition) is 1. The average Bonchev–Trinajstić information content (AvgIpc) is 3.24. The van der Waals surface area contributed by atoms with Gasteiger partial charge in [-0.25, -0.2) is 0 Å². The second-order valence-corrected chi connectivity index (χ2v) is 12.1. The second kappa shape index (κ2) is 17.6. The van der Waals surface area contributed by atoms with E-state index in [1.54, 1.807) is 0 Å². The van der Waals surface area contributed by atoms with Gasteiger partial charge in [-0.2, -0.15) is 0 Å². The molecule has 0 amide bonds. The number of unbranched alkanes of at least 4 members (excludes halogenated alkanes) is 3. The molecular weight excluding hydrogens is 512 g/mol. The van der Waals surface area contributed by atoms with E-state index in [0.29, 0.717) is 45.1 Å². The molecule has 0 spiro atoms. The summed E-state index contributed by atoms with van der Waals surface area (Å²) in [6, 6.07) is 0. The number of carbonyl (C=O) groups excluding carboxylic acids is 2. The fraction of sp³-hybridized carbons (Fsp3) is 0.875. The third-order valence-electron chi connectivity index (χ3n) is 8.62. The summed E-state index contributed by atoms with van der Waals surface area (Å²) >= 11 is 0. The minimum Gasteiger partial charge on any atom is -0.469 e. The fourth-order valence-electron chi connectivity index (χ4n) is 6.19. The van der Waals surface area contributed by atoms with Crippen LogP contribution >= 0.6 is 0 Å². The van der Waals surface area contributed by atoms with Crippen LogP contribution in [0.15, 0.2) is 12.2 Å². The Kier molecular flexibility index (Phi) is 14.6. The molecule has 3 aliphatic rings. The lowest BCUT2D eigenvalue weighted by Crippen LogP contribution is -2.36. The SMILES string of the molecule is CCCCCC(C)(/C=C/[C@@H]1[C@@H](CC(=O)CCCCC(=O)OC)[C@@H](O)C[C@H]1OC1CCCCO1)OC1CCCCO1. The molecule has 2 aliphatic heterocycles. The summed E-state index contributed by atoms with van der Waals surface area (Å²) in [6.45, 7) is 5.75. The summed E-state index contributed by atoms with van der Waals surface area (Å²) < 4.78 is 29.5. The number of aliphatic hydroxyl groups excluding tert-OH is 1. The van der Waals surface area contributed by atoms with Crippen molar-refractivity contribution in [2.24, 2.45) is 11.8 Å². The molecule has 3 rings (SSSR count). The van der Waals surface area contributed by atoms with Gasteiger partial charge in [0.05, 0.1) is 24.9 Å². The Morgan fingerprint density at radius 2 is 1.68 bits per heavy atom. The van der Waals surface area contributed by atoms with Crippen LogP contribution in [0.3, 0.4) is 0 Å². The number of methoxy groups -OCH3 is 1. The van der Waals surface area contributed by atoms with Gasteiger partial charge in [0.25, 0.3) is 0 Å². The van der Waals surface area contributed by atoms with Crippen molar-refractivity contribution in [3.8, 4) is 0 Å². The largest absolute Gasteiger partial charge is 0.469 e. The first-order chi connectivity index (χ1) is 19.3. The van der Waals surface area contributed by atoms with Crippen LogP contribution in [0.4, 0.5) is 0 Å². The van der Waals surface area contributed by atoms with E-state index in [4.69, 9.17) is 23.7 Å². The lowest BCUT2D eigenvalue weighted by atomic mass is 9.86. The molecule has 0 aromatic rings. The Labute approximate surface area is 241 Å². The van der Waals surface area contributed by atoms with Crippen LogP contribution in [0.25, 0.3) is 0 Å². The van der Waals surface area contributed by atoms with Crippen LogP contribution < -0.4 is 0 Å². The fourth-order valence-corrected chi connectivity index (χ4v) is 6.19. The molecule has 0 aromatic heterocycles. The van der Waals surface area contributed by atoms with Crippen molar-refractivity contribution in [2.75, 3.05) is 20.3 Å². The van der Waals surface area contributed by atoms with E-state index < -0.39 is 11.7 Å². The highest BCUT2D eigenvalue weighted by Gasteiger charge is 2.44. The molecule has 8 nitrogen and oxygen atoms in total. The molecule has 1 N–H and O–H groups in total. The van der Waals surface area contributed by atoms with Gasteiger partial charge in [-0.1, -0.05) is 38.3 Å². The minimum absolute atomic E-state index is 0.111. The molecule has 40 heavy (non-hydrogen) atoms. The zero-order valence-corrected chi connectivity index (χ0v) is 25.2. The zero-order valence-electron chi connectivity index (χ0n) is 25.2. The molecule has 1 aliphatic carbocycles. The monoisotopic (exact) mass is 566 g/mol. The van der Waals surface area contributed by atoms with Crippen molar-refractivity contribution < 1.29 is 38.4 Å². The summed E-state index contributed by atoms with van der Waals surface area (Å²) in [5, 5.41) is 11.1. The number of ether oxygens (including phenoxy) is 5. The van der Waals surface area contributed by atoms with Gasteiger partial charge in [-0.15, -0.1) is 0 Å². The molecule has 1 saturated carbocycles. The molecule has 0 bridgehead atoms. The van der Waals surface area contributed by atoms with Crippen LogP contribution in [0, 0.1) is 11.8 Å². The molecular formula is C32H54O8. The third kappa shape index (κ3) is 11.2. The van der Waals surface area contributed by atoms with E-state index in [-0.39, 0.29) is 42.3 Å². The Morgan fingerprint density at radius 3 is 2.33 bits per heavy atom. The van der Waals surface area contributed by atoms with Gasteiger partial charge < -0.3 is 28.8 Å². The highest BCUT2D eigenvalue weighted by molar-refractivity contribution is 5.79. The lowest BCUT2D eigenvalue weighted by molar-refractivity contribution is -0.208. The Morgan fingerprint density at radius 1 is 0.975 bits per heavy atom. The Balaban J connectivity index is 1.71. The predicted molar refractivity (Wildman–Crippen MR) is 153 cm³/mol. The summed E-state index contributed by atoms with van der Waals surface area (Å²) in [7, 11) is 1.38. The van der Waals surface area contributed by atoms with Crippen molar-refractivity contribution in [2.45, 2.75) is 147 Å². The Bertz CT molecular complexity index is 773. The molecule has 0 radical (unpaired) electrons. The molecule has 8 heteroatoms. The van der Waals surface area contributed by atoms with Gasteiger partial charge in [-0.05, 0) is 64.7 Å². The van der Waals surface area contributed by atoms with E-state index in [1.807, 2.05) is 0 Å². The number of hydrogen-bond acceptors (Lipinski definition) is 8. The molecule has 0 aromatic carbocycles. The number of Topliss-reactive ketones (excluding diaryl/α,β-unsaturated/α-hetero) is 1. The number of aliphatic hydroxyl groups is 1. The number of rotatable bonds is 17. The molecule has 3 unspecified atom stereocenters. The summed E-state index contributed by atoms with van der Waals surface area (Å²) in [5.41, 5.74) is -0.501. The quantitative estimate of drug-likeness (QED) is 0.129. The van der Waals surface area contributed by atoms with Crippen molar-refractivity contribution in [1.29, 1.82) is 0 Å². The maximum absolute atomic E-state index is 13.0. The first-order valence-electron chi connectivity index (χ1n) is 15.9. The predicted octanol–water partition coefficient (Wildman–Crippen LogP) is 6.03. The van der Waals surface area contributed by atoms with Crippen LogP contribution in [0.2, 0.25) is 0 Å². The summed E-state index contributed by atoms with van der Waals surface area (Å²) in [5.74, 6) is -0.499. The first-order valence-corrected chi connectivity index (χ1v) is 15.9. The average molecular weight is 567 g/mol. The van der Waals surface area contributed by atoms with E-state index in [9.17, 15) is 14.7 Å².